The average molecular weight is 388 g/mol. The number of hydrogen-bond donors (Lipinski definition) is 2. The minimum absolute atomic E-state index is 0.448. The Kier molecular flexibility index (Phi) is 5.74. The van der Waals surface area contributed by atoms with E-state index in [0.717, 1.165) is 22.8 Å². The summed E-state index contributed by atoms with van der Waals surface area (Å²) >= 11 is 0. The van der Waals surface area contributed by atoms with Crippen molar-refractivity contribution in [2.75, 3.05) is 10.6 Å². The van der Waals surface area contributed by atoms with Gasteiger partial charge in [0.1, 0.15) is 5.82 Å². The summed E-state index contributed by atoms with van der Waals surface area (Å²) in [4.78, 5) is 13.9. The van der Waals surface area contributed by atoms with Gasteiger partial charge in [-0.25, -0.2) is 4.98 Å². The molecule has 3 aromatic rings. The fourth-order valence-electron chi connectivity index (χ4n) is 4.17. The van der Waals surface area contributed by atoms with E-state index in [9.17, 15) is 0 Å². The highest BCUT2D eigenvalue weighted by atomic mass is 15.2. The quantitative estimate of drug-likeness (QED) is 0.566. The first kappa shape index (κ1) is 19.4. The fraction of sp³-hybridized carbons (Fsp3) is 0.375. The van der Waals surface area contributed by atoms with E-state index in [1.54, 1.807) is 6.20 Å². The van der Waals surface area contributed by atoms with Crippen LogP contribution in [0.25, 0.3) is 11.3 Å². The SMILES string of the molecule is Cc1cc(C)c(Nc2cc(-c3cccnc3)nc(NC3CCCCC3)n2)c(C)c1. The van der Waals surface area contributed by atoms with Gasteiger partial charge in [-0.2, -0.15) is 4.98 Å². The Morgan fingerprint density at radius 1 is 0.931 bits per heavy atom. The smallest absolute Gasteiger partial charge is 0.225 e. The number of nitrogens with one attached hydrogen (secondary N) is 2. The first-order chi connectivity index (χ1) is 14.1. The molecule has 5 nitrogen and oxygen atoms in total. The zero-order chi connectivity index (χ0) is 20.2. The molecule has 0 radical (unpaired) electrons. The molecule has 0 saturated heterocycles. The molecule has 5 heteroatoms. The molecule has 150 valence electrons. The second-order valence-electron chi connectivity index (χ2n) is 8.08. The second kappa shape index (κ2) is 8.60. The lowest BCUT2D eigenvalue weighted by atomic mass is 9.96. The van der Waals surface area contributed by atoms with Crippen LogP contribution < -0.4 is 10.6 Å². The topological polar surface area (TPSA) is 62.7 Å². The summed E-state index contributed by atoms with van der Waals surface area (Å²) < 4.78 is 0. The Morgan fingerprint density at radius 2 is 1.69 bits per heavy atom. The van der Waals surface area contributed by atoms with Gasteiger partial charge < -0.3 is 10.6 Å². The number of aromatic nitrogens is 3. The van der Waals surface area contributed by atoms with Crippen LogP contribution in [0, 0.1) is 20.8 Å². The maximum atomic E-state index is 4.80. The van der Waals surface area contributed by atoms with Gasteiger partial charge in [-0.1, -0.05) is 37.0 Å². The third kappa shape index (κ3) is 4.73. The average Bonchev–Trinajstić information content (AvgIpc) is 2.72. The molecule has 0 aliphatic heterocycles. The number of nitrogens with zero attached hydrogens (tertiary/aromatic N) is 3. The number of pyridine rings is 1. The highest BCUT2D eigenvalue weighted by molar-refractivity contribution is 5.70. The van der Waals surface area contributed by atoms with E-state index in [0.29, 0.717) is 12.0 Å². The van der Waals surface area contributed by atoms with E-state index in [-0.39, 0.29) is 0 Å². The number of hydrogen-bond acceptors (Lipinski definition) is 5. The number of rotatable bonds is 5. The molecule has 2 aromatic heterocycles. The first-order valence-electron chi connectivity index (χ1n) is 10.5. The van der Waals surface area contributed by atoms with Gasteiger partial charge in [0, 0.05) is 35.8 Å². The molecule has 2 N–H and O–H groups in total. The lowest BCUT2D eigenvalue weighted by Gasteiger charge is -2.23. The van der Waals surface area contributed by atoms with Crippen LogP contribution >= 0.6 is 0 Å². The molecule has 0 bridgehead atoms. The molecule has 29 heavy (non-hydrogen) atoms. The van der Waals surface area contributed by atoms with Crippen LogP contribution in [0.5, 0.6) is 0 Å². The van der Waals surface area contributed by atoms with E-state index in [2.05, 4.69) is 48.5 Å². The zero-order valence-electron chi connectivity index (χ0n) is 17.5. The molecular weight excluding hydrogens is 358 g/mol. The molecule has 1 fully saturated rings. The Morgan fingerprint density at radius 3 is 2.38 bits per heavy atom. The highest BCUT2D eigenvalue weighted by Crippen LogP contribution is 2.29. The standard InChI is InChI=1S/C24H29N5/c1-16-12-17(2)23(18(3)13-16)28-22-14-21(19-8-7-11-25-15-19)27-24(29-22)26-20-9-5-4-6-10-20/h7-8,11-15,20H,4-6,9-10H2,1-3H3,(H2,26,27,28,29). The molecular formula is C24H29N5. The normalized spacial score (nSPS) is 14.6. The molecule has 1 aliphatic rings. The fourth-order valence-corrected chi connectivity index (χ4v) is 4.17. The summed E-state index contributed by atoms with van der Waals surface area (Å²) in [5.41, 5.74) is 6.66. The largest absolute Gasteiger partial charge is 0.351 e. The molecule has 0 spiro atoms. The maximum Gasteiger partial charge on any atom is 0.225 e. The van der Waals surface area contributed by atoms with Crippen LogP contribution in [0.1, 0.15) is 48.8 Å². The van der Waals surface area contributed by atoms with E-state index in [1.165, 1.54) is 48.8 Å². The van der Waals surface area contributed by atoms with Crippen molar-refractivity contribution in [2.24, 2.45) is 0 Å². The minimum atomic E-state index is 0.448. The molecule has 0 atom stereocenters. The lowest BCUT2D eigenvalue weighted by Crippen LogP contribution is -2.23. The second-order valence-corrected chi connectivity index (χ2v) is 8.08. The van der Waals surface area contributed by atoms with Crippen molar-refractivity contribution in [2.45, 2.75) is 58.9 Å². The van der Waals surface area contributed by atoms with Crippen molar-refractivity contribution >= 4 is 17.5 Å². The molecule has 1 aromatic carbocycles. The Bertz CT molecular complexity index is 955. The molecule has 1 aliphatic carbocycles. The van der Waals surface area contributed by atoms with Crippen LogP contribution in [-0.2, 0) is 0 Å². The van der Waals surface area contributed by atoms with Crippen LogP contribution in [0.15, 0.2) is 42.7 Å². The van der Waals surface area contributed by atoms with E-state index >= 15 is 0 Å². The van der Waals surface area contributed by atoms with Gasteiger partial charge in [0.15, 0.2) is 0 Å². The van der Waals surface area contributed by atoms with Gasteiger partial charge in [-0.3, -0.25) is 4.98 Å². The van der Waals surface area contributed by atoms with E-state index in [1.807, 2.05) is 24.4 Å². The monoisotopic (exact) mass is 387 g/mol. The van der Waals surface area contributed by atoms with E-state index in [4.69, 9.17) is 9.97 Å². The van der Waals surface area contributed by atoms with Gasteiger partial charge >= 0.3 is 0 Å². The summed E-state index contributed by atoms with van der Waals surface area (Å²) in [6.45, 7) is 6.39. The number of anilines is 3. The molecule has 4 rings (SSSR count). The van der Waals surface area contributed by atoms with Gasteiger partial charge in [0.25, 0.3) is 0 Å². The van der Waals surface area contributed by atoms with Crippen LogP contribution in [0.4, 0.5) is 17.5 Å². The molecule has 0 amide bonds. The first-order valence-corrected chi connectivity index (χ1v) is 10.5. The van der Waals surface area contributed by atoms with Crippen LogP contribution in [0.3, 0.4) is 0 Å². The van der Waals surface area contributed by atoms with Crippen LogP contribution in [0.2, 0.25) is 0 Å². The zero-order valence-corrected chi connectivity index (χ0v) is 17.5. The van der Waals surface area contributed by atoms with Gasteiger partial charge in [0.2, 0.25) is 5.95 Å². The molecule has 2 heterocycles. The predicted molar refractivity (Wildman–Crippen MR) is 120 cm³/mol. The maximum absolute atomic E-state index is 4.80. The number of aryl methyl sites for hydroxylation is 3. The van der Waals surface area contributed by atoms with E-state index < -0.39 is 0 Å². The Hall–Kier alpha value is -2.95. The van der Waals surface area contributed by atoms with Gasteiger partial charge in [-0.15, -0.1) is 0 Å². The van der Waals surface area contributed by atoms with Crippen molar-refractivity contribution in [3.8, 4) is 11.3 Å². The number of benzene rings is 1. The molecule has 0 unspecified atom stereocenters. The van der Waals surface area contributed by atoms with Gasteiger partial charge in [-0.05, 0) is 56.9 Å². The lowest BCUT2D eigenvalue weighted by molar-refractivity contribution is 0.461. The third-order valence-electron chi connectivity index (χ3n) is 5.55. The third-order valence-corrected chi connectivity index (χ3v) is 5.55. The van der Waals surface area contributed by atoms with Crippen molar-refractivity contribution < 1.29 is 0 Å². The predicted octanol–water partition coefficient (Wildman–Crippen LogP) is 5.95. The Labute approximate surface area is 173 Å². The summed E-state index contributed by atoms with van der Waals surface area (Å²) in [6, 6.07) is 10.8. The van der Waals surface area contributed by atoms with Crippen molar-refractivity contribution in [1.29, 1.82) is 0 Å². The van der Waals surface area contributed by atoms with Crippen LogP contribution in [-0.4, -0.2) is 21.0 Å². The van der Waals surface area contributed by atoms with Gasteiger partial charge in [0.05, 0.1) is 5.69 Å². The van der Waals surface area contributed by atoms with Crippen molar-refractivity contribution in [3.05, 3.63) is 59.4 Å². The summed E-state index contributed by atoms with van der Waals surface area (Å²) in [5, 5.41) is 7.12. The highest BCUT2D eigenvalue weighted by Gasteiger charge is 2.16. The summed E-state index contributed by atoms with van der Waals surface area (Å²) in [7, 11) is 0. The minimum Gasteiger partial charge on any atom is -0.351 e. The summed E-state index contributed by atoms with van der Waals surface area (Å²) in [5.74, 6) is 1.48. The van der Waals surface area contributed by atoms with Crippen molar-refractivity contribution in [3.63, 3.8) is 0 Å². The summed E-state index contributed by atoms with van der Waals surface area (Å²) in [6.07, 6.45) is 9.86. The molecule has 1 saturated carbocycles. The Balaban J connectivity index is 1.69. The van der Waals surface area contributed by atoms with Crippen molar-refractivity contribution in [1.82, 2.24) is 15.0 Å².